The van der Waals surface area contributed by atoms with Crippen LogP contribution in [0.5, 0.6) is 0 Å². The van der Waals surface area contributed by atoms with Crippen LogP contribution in [0.1, 0.15) is 62.0 Å². The number of Topliss-reactive ketones (excluding diaryl/α,β-unsaturated/α-hetero) is 1. The average Bonchev–Trinajstić information content (AvgIpc) is 3.17. The Bertz CT molecular complexity index is 1360. The molecule has 3 aromatic rings. The number of ketones is 1. The summed E-state index contributed by atoms with van der Waals surface area (Å²) < 4.78 is 5.20. The van der Waals surface area contributed by atoms with Gasteiger partial charge >= 0.3 is 5.97 Å². The van der Waals surface area contributed by atoms with Gasteiger partial charge in [0.2, 0.25) is 11.8 Å². The molecule has 6 nitrogen and oxygen atoms in total. The minimum Gasteiger partial charge on any atom is -0.457 e. The van der Waals surface area contributed by atoms with Gasteiger partial charge in [0.1, 0.15) is 0 Å². The second-order valence-electron chi connectivity index (χ2n) is 10.2. The second-order valence-corrected chi connectivity index (χ2v) is 10.2. The summed E-state index contributed by atoms with van der Waals surface area (Å²) in [5.74, 6) is -2.64. The lowest BCUT2D eigenvalue weighted by Crippen LogP contribution is -2.41. The van der Waals surface area contributed by atoms with Crippen molar-refractivity contribution in [3.63, 3.8) is 0 Å². The molecule has 4 aliphatic rings. The number of esters is 1. The third kappa shape index (κ3) is 3.62. The first-order valence-electron chi connectivity index (χ1n) is 12.7. The van der Waals surface area contributed by atoms with Gasteiger partial charge in [0.25, 0.3) is 0 Å². The number of carbonyl (C=O) groups excluding carboxylic acids is 4. The highest BCUT2D eigenvalue weighted by atomic mass is 16.5. The van der Waals surface area contributed by atoms with Gasteiger partial charge in [-0.25, -0.2) is 0 Å². The van der Waals surface area contributed by atoms with Crippen LogP contribution in [-0.2, 0) is 19.1 Å². The van der Waals surface area contributed by atoms with Gasteiger partial charge in [-0.1, -0.05) is 60.7 Å². The molecule has 6 heteroatoms. The summed E-state index contributed by atoms with van der Waals surface area (Å²) in [4.78, 5) is 53.3. The summed E-state index contributed by atoms with van der Waals surface area (Å²) in [5.41, 5.74) is 7.00. The molecular weight excluding hydrogens is 466 g/mol. The number of carbonyl (C=O) groups is 4. The van der Waals surface area contributed by atoms with Crippen molar-refractivity contribution in [3.8, 4) is 0 Å². The molecule has 2 unspecified atom stereocenters. The number of ether oxygens (including phenoxy) is 1. The van der Waals surface area contributed by atoms with Gasteiger partial charge in [0.15, 0.2) is 12.4 Å². The summed E-state index contributed by atoms with van der Waals surface area (Å²) >= 11 is 0. The fourth-order valence-electron chi connectivity index (χ4n) is 6.38. The molecule has 37 heavy (non-hydrogen) atoms. The van der Waals surface area contributed by atoms with Crippen LogP contribution in [0, 0.1) is 25.7 Å². The lowest BCUT2D eigenvalue weighted by molar-refractivity contribution is -0.145. The molecule has 0 N–H and O–H groups in total. The number of rotatable bonds is 6. The van der Waals surface area contributed by atoms with Crippen molar-refractivity contribution in [3.05, 3.63) is 106 Å². The van der Waals surface area contributed by atoms with Crippen molar-refractivity contribution in [2.75, 3.05) is 13.2 Å². The average molecular weight is 494 g/mol. The molecule has 1 saturated heterocycles. The molecule has 3 aliphatic carbocycles. The zero-order chi connectivity index (χ0) is 25.8. The van der Waals surface area contributed by atoms with Crippen LogP contribution in [-0.4, -0.2) is 41.6 Å². The molecule has 7 rings (SSSR count). The molecule has 3 aromatic carbocycles. The van der Waals surface area contributed by atoms with E-state index in [1.165, 1.54) is 4.90 Å². The zero-order valence-electron chi connectivity index (χ0n) is 20.8. The molecule has 0 spiro atoms. The maximum absolute atomic E-state index is 13.6. The van der Waals surface area contributed by atoms with Crippen molar-refractivity contribution >= 4 is 23.6 Å². The first kappa shape index (κ1) is 23.3. The van der Waals surface area contributed by atoms with Crippen LogP contribution in [0.4, 0.5) is 0 Å². The van der Waals surface area contributed by atoms with Crippen molar-refractivity contribution in [1.29, 1.82) is 0 Å². The quantitative estimate of drug-likeness (QED) is 0.290. The lowest BCUT2D eigenvalue weighted by Gasteiger charge is -2.45. The predicted octanol–water partition coefficient (Wildman–Crippen LogP) is 4.31. The highest BCUT2D eigenvalue weighted by Crippen LogP contribution is 2.60. The number of hydrogen-bond acceptors (Lipinski definition) is 5. The maximum atomic E-state index is 13.6. The third-order valence-electron chi connectivity index (χ3n) is 8.27. The van der Waals surface area contributed by atoms with E-state index in [4.69, 9.17) is 4.74 Å². The summed E-state index contributed by atoms with van der Waals surface area (Å²) in [6.07, 6.45) is -0.146. The number of imide groups is 1. The van der Waals surface area contributed by atoms with Crippen molar-refractivity contribution in [2.45, 2.75) is 32.1 Å². The number of aryl methyl sites for hydroxylation is 2. The lowest BCUT2D eigenvalue weighted by atomic mass is 9.55. The summed E-state index contributed by atoms with van der Waals surface area (Å²) in [7, 11) is 0. The van der Waals surface area contributed by atoms with Crippen LogP contribution in [0.15, 0.2) is 66.7 Å². The monoisotopic (exact) mass is 493 g/mol. The minimum absolute atomic E-state index is 0.0482. The van der Waals surface area contributed by atoms with E-state index in [0.717, 1.165) is 33.4 Å². The fraction of sp³-hybridized carbons (Fsp3) is 0.290. The molecular formula is C31H27NO5. The van der Waals surface area contributed by atoms with E-state index in [9.17, 15) is 19.2 Å². The van der Waals surface area contributed by atoms with E-state index in [-0.39, 0.29) is 49.0 Å². The number of hydrogen-bond donors (Lipinski definition) is 0. The van der Waals surface area contributed by atoms with E-state index in [1.807, 2.05) is 44.2 Å². The van der Waals surface area contributed by atoms with E-state index in [0.29, 0.717) is 5.56 Å². The Kier molecular flexibility index (Phi) is 5.55. The summed E-state index contributed by atoms with van der Waals surface area (Å²) in [6, 6.07) is 21.5. The maximum Gasteiger partial charge on any atom is 0.308 e. The molecule has 0 saturated carbocycles. The standard InChI is InChI=1S/C31H27NO5/c1-17-11-12-19(15-18(17)2)24(33)16-37-25(34)13-14-32-30(35)28-26-20-7-3-4-8-21(20)27(29(28)31(32)36)23-10-6-5-9-22(23)26/h3-12,15,26-29H,13-14,16H2,1-2H3. The van der Waals surface area contributed by atoms with E-state index in [1.54, 1.807) is 12.1 Å². The van der Waals surface area contributed by atoms with Gasteiger partial charge in [-0.05, 0) is 53.3 Å². The van der Waals surface area contributed by atoms with Crippen LogP contribution in [0.3, 0.4) is 0 Å². The van der Waals surface area contributed by atoms with Gasteiger partial charge in [0.05, 0.1) is 18.3 Å². The predicted molar refractivity (Wildman–Crippen MR) is 136 cm³/mol. The SMILES string of the molecule is Cc1ccc(C(=O)COC(=O)CCN2C(=O)C3C4c5ccccc5C(c5ccccc54)C3C2=O)cc1C. The van der Waals surface area contributed by atoms with Crippen LogP contribution in [0.25, 0.3) is 0 Å². The summed E-state index contributed by atoms with van der Waals surface area (Å²) in [5, 5.41) is 0. The summed E-state index contributed by atoms with van der Waals surface area (Å²) in [6.45, 7) is 3.46. The Hall–Kier alpha value is -4.06. The number of likely N-dealkylation sites (tertiary alicyclic amines) is 1. The molecule has 186 valence electrons. The molecule has 2 atom stereocenters. The van der Waals surface area contributed by atoms with Crippen LogP contribution in [0.2, 0.25) is 0 Å². The zero-order valence-corrected chi connectivity index (χ0v) is 20.8. The topological polar surface area (TPSA) is 80.8 Å². The number of benzene rings is 3. The Labute approximate surface area is 215 Å². The Morgan fingerprint density at radius 1 is 0.757 bits per heavy atom. The van der Waals surface area contributed by atoms with Gasteiger partial charge in [-0.15, -0.1) is 0 Å². The fourth-order valence-corrected chi connectivity index (χ4v) is 6.38. The smallest absolute Gasteiger partial charge is 0.308 e. The highest BCUT2D eigenvalue weighted by molar-refractivity contribution is 6.08. The molecule has 2 amide bonds. The van der Waals surface area contributed by atoms with E-state index in [2.05, 4.69) is 24.3 Å². The van der Waals surface area contributed by atoms with E-state index < -0.39 is 17.8 Å². The molecule has 0 radical (unpaired) electrons. The van der Waals surface area contributed by atoms with Gasteiger partial charge < -0.3 is 4.74 Å². The number of nitrogens with zero attached hydrogens (tertiary/aromatic N) is 1. The first-order valence-corrected chi connectivity index (χ1v) is 12.7. The number of amides is 2. The molecule has 1 heterocycles. The Balaban J connectivity index is 1.16. The van der Waals surface area contributed by atoms with Gasteiger partial charge in [-0.3, -0.25) is 24.1 Å². The van der Waals surface area contributed by atoms with Crippen LogP contribution >= 0.6 is 0 Å². The normalized spacial score (nSPS) is 22.9. The Morgan fingerprint density at radius 2 is 1.27 bits per heavy atom. The highest BCUT2D eigenvalue weighted by Gasteiger charge is 2.61. The molecule has 2 bridgehead atoms. The van der Waals surface area contributed by atoms with Crippen molar-refractivity contribution in [2.24, 2.45) is 11.8 Å². The van der Waals surface area contributed by atoms with Crippen LogP contribution < -0.4 is 0 Å². The van der Waals surface area contributed by atoms with Crippen molar-refractivity contribution < 1.29 is 23.9 Å². The Morgan fingerprint density at radius 3 is 1.76 bits per heavy atom. The van der Waals surface area contributed by atoms with Crippen molar-refractivity contribution in [1.82, 2.24) is 4.90 Å². The van der Waals surface area contributed by atoms with E-state index >= 15 is 0 Å². The third-order valence-corrected chi connectivity index (χ3v) is 8.27. The molecule has 1 fully saturated rings. The first-order chi connectivity index (χ1) is 17.9. The minimum atomic E-state index is -0.609. The largest absolute Gasteiger partial charge is 0.457 e. The second kappa shape index (κ2) is 8.80. The molecule has 0 aromatic heterocycles. The molecule has 1 aliphatic heterocycles. The van der Waals surface area contributed by atoms with Gasteiger partial charge in [0, 0.05) is 23.9 Å². The van der Waals surface area contributed by atoms with Gasteiger partial charge in [-0.2, -0.15) is 0 Å².